The van der Waals surface area contributed by atoms with E-state index in [1.165, 1.54) is 12.7 Å². The summed E-state index contributed by atoms with van der Waals surface area (Å²) in [6, 6.07) is 1.36. The highest BCUT2D eigenvalue weighted by Crippen LogP contribution is 2.42. The molecule has 5 N–H and O–H groups in total. The van der Waals surface area contributed by atoms with Crippen molar-refractivity contribution in [3.8, 4) is 0 Å². The maximum Gasteiger partial charge on any atom is 0.320 e. The van der Waals surface area contributed by atoms with E-state index in [-0.39, 0.29) is 36.6 Å². The number of fused-ring (bicyclic) bond motifs is 8. The number of Topliss-reactive ketones (excluding diaryl/α,β-unsaturated/α-hetero) is 1. The van der Waals surface area contributed by atoms with Crippen molar-refractivity contribution < 1.29 is 29.0 Å². The van der Waals surface area contributed by atoms with Crippen LogP contribution < -0.4 is 26.6 Å². The molecule has 1 saturated heterocycles. The largest absolute Gasteiger partial charge is 0.515 e. The fourth-order valence-corrected chi connectivity index (χ4v) is 8.20. The Labute approximate surface area is 310 Å². The fraction of sp³-hybridized carbons (Fsp3) is 0.419. The SMILES string of the molecule is C=Cc1c2[nH]c(c1C)/C=C1\NC(C3=c4[nH]/c(c(C)c4C(=O)[C@@H]3C(=O)OC)=C\c3cc(=C/O)/c([nH]3)=C/2)[C@@H](CCC(=O)OC/C=C(\C)CCCC(C)C)[C@@H]1C. The van der Waals surface area contributed by atoms with Gasteiger partial charge in [-0.2, -0.15) is 0 Å². The maximum atomic E-state index is 14.2. The zero-order chi connectivity index (χ0) is 38.1. The van der Waals surface area contributed by atoms with Gasteiger partial charge in [-0.15, -0.1) is 0 Å². The number of aromatic amines is 3. The summed E-state index contributed by atoms with van der Waals surface area (Å²) in [5, 5.41) is 16.4. The molecule has 1 fully saturated rings. The van der Waals surface area contributed by atoms with Gasteiger partial charge in [-0.3, -0.25) is 14.4 Å². The Morgan fingerprint density at radius 2 is 1.81 bits per heavy atom. The Hall–Kier alpha value is -5.25. The third-order valence-electron chi connectivity index (χ3n) is 11.3. The molecule has 0 radical (unpaired) electrons. The van der Waals surface area contributed by atoms with Crippen molar-refractivity contribution in [3.05, 3.63) is 90.6 Å². The molecule has 6 rings (SSSR count). The van der Waals surface area contributed by atoms with E-state index in [2.05, 4.69) is 60.6 Å². The van der Waals surface area contributed by atoms with Crippen LogP contribution in [0.25, 0.3) is 36.1 Å². The minimum Gasteiger partial charge on any atom is -0.515 e. The van der Waals surface area contributed by atoms with Crippen molar-refractivity contribution >= 4 is 53.9 Å². The third kappa shape index (κ3) is 7.24. The van der Waals surface area contributed by atoms with Crippen molar-refractivity contribution in [2.24, 2.45) is 23.7 Å². The summed E-state index contributed by atoms with van der Waals surface area (Å²) in [6.45, 7) is 16.8. The van der Waals surface area contributed by atoms with Crippen LogP contribution in [0.5, 0.6) is 0 Å². The summed E-state index contributed by atoms with van der Waals surface area (Å²) < 4.78 is 10.9. The normalized spacial score (nSPS) is 23.2. The van der Waals surface area contributed by atoms with Crippen LogP contribution in [0.15, 0.2) is 30.0 Å². The van der Waals surface area contributed by atoms with Crippen LogP contribution in [0.4, 0.5) is 0 Å². The summed E-state index contributed by atoms with van der Waals surface area (Å²) in [4.78, 5) is 51.2. The lowest BCUT2D eigenvalue weighted by atomic mass is 9.80. The molecule has 0 saturated carbocycles. The maximum absolute atomic E-state index is 14.2. The van der Waals surface area contributed by atoms with Crippen molar-refractivity contribution in [2.75, 3.05) is 13.7 Å². The van der Waals surface area contributed by atoms with Gasteiger partial charge in [-0.1, -0.05) is 45.4 Å². The Balaban J connectivity index is 1.45. The number of allylic oxidation sites excluding steroid dienone is 2. The number of methoxy groups -OCH3 is 1. The molecule has 0 spiro atoms. The zero-order valence-electron chi connectivity index (χ0n) is 31.9. The minimum atomic E-state index is -1.14. The number of ketones is 1. The van der Waals surface area contributed by atoms with Crippen LogP contribution in [-0.2, 0) is 19.1 Å². The van der Waals surface area contributed by atoms with Gasteiger partial charge in [0.2, 0.25) is 0 Å². The quantitative estimate of drug-likeness (QED) is 0.110. The van der Waals surface area contributed by atoms with Crippen LogP contribution >= 0.6 is 0 Å². The predicted molar refractivity (Wildman–Crippen MR) is 208 cm³/mol. The summed E-state index contributed by atoms with van der Waals surface area (Å²) in [5.41, 5.74) is 8.21. The van der Waals surface area contributed by atoms with E-state index in [4.69, 9.17) is 9.47 Å². The average molecular weight is 721 g/mol. The lowest BCUT2D eigenvalue weighted by Gasteiger charge is -2.25. The Bertz CT molecular complexity index is 2280. The summed E-state index contributed by atoms with van der Waals surface area (Å²) in [7, 11) is 1.30. The molecule has 10 heteroatoms. The summed E-state index contributed by atoms with van der Waals surface area (Å²) >= 11 is 0. The molecule has 4 atom stereocenters. The lowest BCUT2D eigenvalue weighted by molar-refractivity contribution is -0.143. The van der Waals surface area contributed by atoms with Crippen LogP contribution in [0.3, 0.4) is 0 Å². The molecule has 0 amide bonds. The van der Waals surface area contributed by atoms with Crippen molar-refractivity contribution in [3.63, 3.8) is 0 Å². The van der Waals surface area contributed by atoms with Gasteiger partial charge in [0.05, 0.1) is 30.1 Å². The predicted octanol–water partition coefficient (Wildman–Crippen LogP) is 4.70. The Morgan fingerprint density at radius 3 is 2.51 bits per heavy atom. The molecule has 3 aromatic rings. The van der Waals surface area contributed by atoms with Gasteiger partial charge in [-0.05, 0) is 98.9 Å². The van der Waals surface area contributed by atoms with E-state index in [9.17, 15) is 19.5 Å². The second kappa shape index (κ2) is 15.4. The number of carbonyl (C=O) groups is 3. The standard InChI is InChI=1S/C43H52N4O6/c1-9-29-24(5)32-19-33-25(6)30(13-14-36(49)53-16-15-23(4)12-10-11-22(2)3)40(46-33)38-39(43(51)52-8)42(50)37-26(7)31(47-41(37)38)18-28-17-27(21-48)34(44-28)20-35(29)45-32/h9,15,17-22,25,30,39-40,44-48H,1,10-14,16H2,2-8H3/b23-15+,27-21-,31-18-,33-19-,34-20-/t25-,30-,39+,40?/m0/s1. The highest BCUT2D eigenvalue weighted by Gasteiger charge is 2.49. The first-order chi connectivity index (χ1) is 25.4. The van der Waals surface area contributed by atoms with Crippen LogP contribution in [0, 0.1) is 37.5 Å². The number of aliphatic hydroxyl groups excluding tert-OH is 1. The van der Waals surface area contributed by atoms with Crippen LogP contribution in [0.2, 0.25) is 0 Å². The molecule has 53 heavy (non-hydrogen) atoms. The number of H-pyrrole nitrogens is 3. The van der Waals surface area contributed by atoms with E-state index < -0.39 is 17.9 Å². The lowest BCUT2D eigenvalue weighted by Crippen LogP contribution is -2.38. The second-order valence-electron chi connectivity index (χ2n) is 15.1. The van der Waals surface area contributed by atoms with E-state index in [0.717, 1.165) is 53.7 Å². The van der Waals surface area contributed by atoms with Gasteiger partial charge in [-0.25, -0.2) is 0 Å². The number of esters is 2. The Morgan fingerprint density at radius 1 is 1.04 bits per heavy atom. The van der Waals surface area contributed by atoms with E-state index >= 15 is 0 Å². The first-order valence-electron chi connectivity index (χ1n) is 18.6. The van der Waals surface area contributed by atoms with Crippen molar-refractivity contribution in [1.82, 2.24) is 20.3 Å². The Kier molecular flexibility index (Phi) is 10.9. The second-order valence-corrected chi connectivity index (χ2v) is 15.1. The fourth-order valence-electron chi connectivity index (χ4n) is 8.20. The highest BCUT2D eigenvalue weighted by molar-refractivity contribution is 6.19. The first kappa shape index (κ1) is 37.5. The molecule has 2 aliphatic heterocycles. The van der Waals surface area contributed by atoms with E-state index in [1.54, 1.807) is 0 Å². The number of aromatic nitrogens is 3. The van der Waals surface area contributed by atoms with Gasteiger partial charge >= 0.3 is 11.9 Å². The number of nitrogens with one attached hydrogen (secondary N) is 4. The highest BCUT2D eigenvalue weighted by atomic mass is 16.5. The molecule has 280 valence electrons. The third-order valence-corrected chi connectivity index (χ3v) is 11.3. The number of aliphatic hydroxyl groups is 1. The van der Waals surface area contributed by atoms with Gasteiger partial charge in [0.15, 0.2) is 5.78 Å². The molecule has 10 nitrogen and oxygen atoms in total. The van der Waals surface area contributed by atoms with Gasteiger partial charge in [0, 0.05) is 56.8 Å². The average Bonchev–Trinajstić information content (AvgIpc) is 3.89. The molecule has 5 heterocycles. The topological polar surface area (TPSA) is 149 Å². The van der Waals surface area contributed by atoms with Gasteiger partial charge < -0.3 is 34.8 Å². The molecule has 1 aliphatic carbocycles. The van der Waals surface area contributed by atoms with Crippen LogP contribution in [0.1, 0.15) is 104 Å². The van der Waals surface area contributed by atoms with E-state index in [0.29, 0.717) is 56.0 Å². The first-order valence-corrected chi connectivity index (χ1v) is 18.6. The van der Waals surface area contributed by atoms with Crippen LogP contribution in [-0.4, -0.2) is 57.5 Å². The molecule has 3 aromatic heterocycles. The smallest absolute Gasteiger partial charge is 0.320 e. The van der Waals surface area contributed by atoms with Gasteiger partial charge in [0.1, 0.15) is 12.5 Å². The number of carbonyl (C=O) groups excluding carboxylic acids is 3. The molecular formula is C43H52N4O6. The monoisotopic (exact) mass is 720 g/mol. The van der Waals surface area contributed by atoms with Gasteiger partial charge in [0.25, 0.3) is 0 Å². The molecule has 0 aromatic carbocycles. The number of rotatable bonds is 11. The van der Waals surface area contributed by atoms with E-state index in [1.807, 2.05) is 44.2 Å². The van der Waals surface area contributed by atoms with Crippen molar-refractivity contribution in [1.29, 1.82) is 0 Å². The minimum absolute atomic E-state index is 0.0814. The van der Waals surface area contributed by atoms with Crippen molar-refractivity contribution in [2.45, 2.75) is 79.7 Å². The number of hydrogen-bond acceptors (Lipinski definition) is 7. The zero-order valence-corrected chi connectivity index (χ0v) is 31.9. The number of hydrogen-bond donors (Lipinski definition) is 5. The molecule has 8 bridgehead atoms. The molecule has 1 unspecified atom stereocenters. The molecule has 3 aliphatic rings. The summed E-state index contributed by atoms with van der Waals surface area (Å²) in [6.07, 6.45) is 14.7. The number of ether oxygens (including phenoxy) is 2. The summed E-state index contributed by atoms with van der Waals surface area (Å²) in [5.74, 6) is -1.95. The molecular weight excluding hydrogens is 668 g/mol.